The first-order chi connectivity index (χ1) is 9.15. The zero-order valence-electron chi connectivity index (χ0n) is 12.4. The van der Waals surface area contributed by atoms with Gasteiger partial charge in [0.25, 0.3) is 0 Å². The van der Waals surface area contributed by atoms with Crippen molar-refractivity contribution in [1.29, 1.82) is 5.26 Å². The van der Waals surface area contributed by atoms with E-state index in [2.05, 4.69) is 18.0 Å². The maximum atomic E-state index is 11.9. The summed E-state index contributed by atoms with van der Waals surface area (Å²) in [4.78, 5) is 15.9. The highest BCUT2D eigenvalue weighted by atomic mass is 16.2. The van der Waals surface area contributed by atoms with Gasteiger partial charge in [0, 0.05) is 32.6 Å². The van der Waals surface area contributed by atoms with E-state index in [1.54, 1.807) is 11.9 Å². The van der Waals surface area contributed by atoms with Gasteiger partial charge in [0.15, 0.2) is 0 Å². The molecule has 1 aliphatic carbocycles. The van der Waals surface area contributed by atoms with Crippen LogP contribution in [0.3, 0.4) is 0 Å². The van der Waals surface area contributed by atoms with Gasteiger partial charge in [-0.05, 0) is 19.9 Å². The Morgan fingerprint density at radius 2 is 1.79 bits per heavy atom. The Morgan fingerprint density at radius 1 is 1.16 bits per heavy atom. The van der Waals surface area contributed by atoms with E-state index in [1.165, 1.54) is 38.5 Å². The van der Waals surface area contributed by atoms with Crippen LogP contribution in [0.25, 0.3) is 0 Å². The maximum Gasteiger partial charge on any atom is 0.223 e. The molecular weight excluding hydrogens is 238 g/mol. The van der Waals surface area contributed by atoms with Crippen molar-refractivity contribution in [3.8, 4) is 6.07 Å². The normalized spacial score (nSPS) is 16.9. The molecule has 1 aliphatic rings. The fourth-order valence-electron chi connectivity index (χ4n) is 2.69. The lowest BCUT2D eigenvalue weighted by Crippen LogP contribution is -2.36. The van der Waals surface area contributed by atoms with Gasteiger partial charge in [0.2, 0.25) is 5.91 Å². The number of nitrogens with zero attached hydrogens (tertiary/aromatic N) is 3. The topological polar surface area (TPSA) is 47.3 Å². The highest BCUT2D eigenvalue weighted by Crippen LogP contribution is 2.21. The number of carbonyl (C=O) groups is 1. The molecule has 1 saturated carbocycles. The van der Waals surface area contributed by atoms with Crippen molar-refractivity contribution in [2.45, 2.75) is 57.4 Å². The standard InChI is InChI=1S/C15H27N3O/c1-17(14-8-5-3-4-6-9-14)13-10-15(19)18(2)12-7-11-16/h14H,3-10,12-13H2,1-2H3. The monoisotopic (exact) mass is 265 g/mol. The van der Waals surface area contributed by atoms with Crippen LogP contribution < -0.4 is 0 Å². The molecule has 0 aromatic carbocycles. The van der Waals surface area contributed by atoms with Gasteiger partial charge in [-0.2, -0.15) is 5.26 Å². The quantitative estimate of drug-likeness (QED) is 0.693. The van der Waals surface area contributed by atoms with E-state index in [0.717, 1.165) is 6.54 Å². The zero-order chi connectivity index (χ0) is 14.1. The molecule has 4 heteroatoms. The molecule has 1 fully saturated rings. The molecule has 108 valence electrons. The van der Waals surface area contributed by atoms with Gasteiger partial charge in [-0.3, -0.25) is 4.79 Å². The van der Waals surface area contributed by atoms with E-state index in [-0.39, 0.29) is 5.91 Å². The third-order valence-corrected chi connectivity index (χ3v) is 4.11. The maximum absolute atomic E-state index is 11.9. The third kappa shape index (κ3) is 6.07. The van der Waals surface area contributed by atoms with E-state index in [4.69, 9.17) is 5.26 Å². The van der Waals surface area contributed by atoms with Gasteiger partial charge >= 0.3 is 0 Å². The predicted molar refractivity (Wildman–Crippen MR) is 76.6 cm³/mol. The van der Waals surface area contributed by atoms with E-state index in [1.807, 2.05) is 0 Å². The summed E-state index contributed by atoms with van der Waals surface area (Å²) in [6.07, 6.45) is 8.90. The molecule has 0 unspecified atom stereocenters. The van der Waals surface area contributed by atoms with Crippen LogP contribution >= 0.6 is 0 Å². The van der Waals surface area contributed by atoms with Crippen molar-refractivity contribution in [3.05, 3.63) is 0 Å². The Kier molecular flexibility index (Phi) is 7.50. The minimum atomic E-state index is 0.149. The number of nitriles is 1. The van der Waals surface area contributed by atoms with Gasteiger partial charge in [0.05, 0.1) is 12.5 Å². The Hall–Kier alpha value is -1.08. The lowest BCUT2D eigenvalue weighted by molar-refractivity contribution is -0.130. The number of rotatable bonds is 6. The first-order valence-electron chi connectivity index (χ1n) is 7.46. The van der Waals surface area contributed by atoms with E-state index >= 15 is 0 Å². The predicted octanol–water partition coefficient (Wildman–Crippen LogP) is 2.40. The summed E-state index contributed by atoms with van der Waals surface area (Å²) in [6.45, 7) is 1.38. The lowest BCUT2D eigenvalue weighted by Gasteiger charge is -2.27. The second-order valence-electron chi connectivity index (χ2n) is 5.60. The number of hydrogen-bond acceptors (Lipinski definition) is 3. The fourth-order valence-corrected chi connectivity index (χ4v) is 2.69. The smallest absolute Gasteiger partial charge is 0.223 e. The molecule has 0 heterocycles. The highest BCUT2D eigenvalue weighted by Gasteiger charge is 2.18. The average molecular weight is 265 g/mol. The second kappa shape index (κ2) is 8.92. The molecule has 0 aromatic rings. The largest absolute Gasteiger partial charge is 0.345 e. The van der Waals surface area contributed by atoms with Crippen LogP contribution in [0.4, 0.5) is 0 Å². The highest BCUT2D eigenvalue weighted by molar-refractivity contribution is 5.76. The summed E-state index contributed by atoms with van der Waals surface area (Å²) in [5.74, 6) is 0.149. The summed E-state index contributed by atoms with van der Waals surface area (Å²) < 4.78 is 0. The fraction of sp³-hybridized carbons (Fsp3) is 0.867. The molecule has 4 nitrogen and oxygen atoms in total. The van der Waals surface area contributed by atoms with Crippen LogP contribution in [-0.2, 0) is 4.79 Å². The van der Waals surface area contributed by atoms with E-state index < -0.39 is 0 Å². The second-order valence-corrected chi connectivity index (χ2v) is 5.60. The van der Waals surface area contributed by atoms with Crippen molar-refractivity contribution in [2.24, 2.45) is 0 Å². The third-order valence-electron chi connectivity index (χ3n) is 4.11. The Bertz CT molecular complexity index is 303. The van der Waals surface area contributed by atoms with Gasteiger partial charge in [0.1, 0.15) is 0 Å². The molecule has 0 spiro atoms. The molecular formula is C15H27N3O. The lowest BCUT2D eigenvalue weighted by atomic mass is 10.1. The van der Waals surface area contributed by atoms with E-state index in [9.17, 15) is 4.79 Å². The molecule has 1 rings (SSSR count). The van der Waals surface area contributed by atoms with Crippen molar-refractivity contribution < 1.29 is 4.79 Å². The summed E-state index contributed by atoms with van der Waals surface area (Å²) >= 11 is 0. The van der Waals surface area contributed by atoms with Gasteiger partial charge < -0.3 is 9.80 Å². The zero-order valence-corrected chi connectivity index (χ0v) is 12.4. The summed E-state index contributed by atoms with van der Waals surface area (Å²) in [5, 5.41) is 8.52. The molecule has 19 heavy (non-hydrogen) atoms. The first-order valence-corrected chi connectivity index (χ1v) is 7.46. The Morgan fingerprint density at radius 3 is 2.37 bits per heavy atom. The summed E-state index contributed by atoms with van der Waals surface area (Å²) in [5.41, 5.74) is 0. The van der Waals surface area contributed by atoms with Crippen molar-refractivity contribution in [2.75, 3.05) is 27.2 Å². The Balaban J connectivity index is 2.26. The molecule has 0 bridgehead atoms. The molecule has 0 atom stereocenters. The average Bonchev–Trinajstić information content (AvgIpc) is 2.70. The van der Waals surface area contributed by atoms with Crippen LogP contribution in [0.5, 0.6) is 0 Å². The minimum Gasteiger partial charge on any atom is -0.345 e. The van der Waals surface area contributed by atoms with Gasteiger partial charge in [-0.15, -0.1) is 0 Å². The van der Waals surface area contributed by atoms with E-state index in [0.29, 0.717) is 25.4 Å². The summed E-state index contributed by atoms with van der Waals surface area (Å²) in [6, 6.07) is 2.73. The number of hydrogen-bond donors (Lipinski definition) is 0. The van der Waals surface area contributed by atoms with Crippen LogP contribution in [0, 0.1) is 11.3 Å². The molecule has 0 saturated heterocycles. The number of carbonyl (C=O) groups excluding carboxylic acids is 1. The number of amides is 1. The molecule has 0 radical (unpaired) electrons. The van der Waals surface area contributed by atoms with Crippen molar-refractivity contribution in [1.82, 2.24) is 9.80 Å². The van der Waals surface area contributed by atoms with Crippen molar-refractivity contribution in [3.63, 3.8) is 0 Å². The molecule has 1 amide bonds. The van der Waals surface area contributed by atoms with Gasteiger partial charge in [-0.25, -0.2) is 0 Å². The molecule has 0 N–H and O–H groups in total. The molecule has 0 aliphatic heterocycles. The van der Waals surface area contributed by atoms with Crippen LogP contribution in [0.15, 0.2) is 0 Å². The van der Waals surface area contributed by atoms with Crippen molar-refractivity contribution >= 4 is 5.91 Å². The minimum absolute atomic E-state index is 0.149. The SMILES string of the molecule is CN(CCC#N)C(=O)CCN(C)C1CCCCCC1. The summed E-state index contributed by atoms with van der Waals surface area (Å²) in [7, 11) is 3.92. The van der Waals surface area contributed by atoms with Crippen LogP contribution in [0.2, 0.25) is 0 Å². The first kappa shape index (κ1) is 16.0. The van der Waals surface area contributed by atoms with Crippen LogP contribution in [0.1, 0.15) is 51.4 Å². The molecule has 0 aromatic heterocycles. The van der Waals surface area contributed by atoms with Gasteiger partial charge in [-0.1, -0.05) is 25.7 Å². The van der Waals surface area contributed by atoms with Crippen LogP contribution in [-0.4, -0.2) is 48.9 Å². The Labute approximate surface area is 117 Å².